The lowest BCUT2D eigenvalue weighted by atomic mass is 9.68. The lowest BCUT2D eigenvalue weighted by molar-refractivity contribution is -0.162. The number of carbonyl (C=O) groups excluding carboxylic acids is 1. The van der Waals surface area contributed by atoms with Gasteiger partial charge in [0.25, 0.3) is 0 Å². The minimum absolute atomic E-state index is 0.275. The summed E-state index contributed by atoms with van der Waals surface area (Å²) in [7, 11) is 0. The molecule has 2 N–H and O–H groups in total. The second-order valence-electron chi connectivity index (χ2n) is 4.39. The maximum atomic E-state index is 11.6. The molecule has 2 aliphatic rings. The first-order valence-electron chi connectivity index (χ1n) is 5.17. The highest BCUT2D eigenvalue weighted by Gasteiger charge is 2.51. The van der Waals surface area contributed by atoms with Crippen molar-refractivity contribution < 1.29 is 14.7 Å². The normalized spacial score (nSPS) is 23.7. The van der Waals surface area contributed by atoms with Crippen molar-refractivity contribution in [2.45, 2.75) is 32.1 Å². The van der Waals surface area contributed by atoms with Crippen LogP contribution >= 0.6 is 0 Å². The van der Waals surface area contributed by atoms with Gasteiger partial charge < -0.3 is 10.4 Å². The van der Waals surface area contributed by atoms with E-state index in [2.05, 4.69) is 5.32 Å². The highest BCUT2D eigenvalue weighted by molar-refractivity contribution is 6.02. The minimum Gasteiger partial charge on any atom is -0.480 e. The van der Waals surface area contributed by atoms with Crippen LogP contribution in [0.2, 0.25) is 0 Å². The molecule has 0 spiro atoms. The van der Waals surface area contributed by atoms with E-state index in [1.807, 2.05) is 0 Å². The third kappa shape index (κ3) is 1.49. The van der Waals surface area contributed by atoms with Gasteiger partial charge in [0.15, 0.2) is 0 Å². The molecule has 14 heavy (non-hydrogen) atoms. The standard InChI is InChI=1S/C10H15NO3/c12-8(11-6-7-2-3-7)10(9(13)14)4-1-5-10/h7H,1-6H2,(H,11,12)(H,13,14). The smallest absolute Gasteiger partial charge is 0.319 e. The van der Waals surface area contributed by atoms with E-state index in [1.165, 1.54) is 12.8 Å². The molecule has 1 amide bonds. The van der Waals surface area contributed by atoms with Crippen molar-refractivity contribution >= 4 is 11.9 Å². The summed E-state index contributed by atoms with van der Waals surface area (Å²) in [5.74, 6) is -0.634. The van der Waals surface area contributed by atoms with E-state index in [4.69, 9.17) is 5.11 Å². The fourth-order valence-corrected chi connectivity index (χ4v) is 1.80. The monoisotopic (exact) mass is 197 g/mol. The van der Waals surface area contributed by atoms with E-state index < -0.39 is 11.4 Å². The molecule has 0 atom stereocenters. The van der Waals surface area contributed by atoms with Gasteiger partial charge in [0, 0.05) is 6.54 Å². The van der Waals surface area contributed by atoms with Gasteiger partial charge in [0.2, 0.25) is 5.91 Å². The van der Waals surface area contributed by atoms with E-state index in [0.29, 0.717) is 25.3 Å². The van der Waals surface area contributed by atoms with Gasteiger partial charge in [-0.05, 0) is 31.6 Å². The number of nitrogens with one attached hydrogen (secondary N) is 1. The van der Waals surface area contributed by atoms with E-state index >= 15 is 0 Å². The minimum atomic E-state index is -1.09. The molecule has 0 saturated heterocycles. The number of rotatable bonds is 4. The Hall–Kier alpha value is -1.06. The maximum Gasteiger partial charge on any atom is 0.319 e. The Morgan fingerprint density at radius 3 is 2.36 bits per heavy atom. The number of hydrogen-bond acceptors (Lipinski definition) is 2. The van der Waals surface area contributed by atoms with Crippen LogP contribution in [0, 0.1) is 11.3 Å². The summed E-state index contributed by atoms with van der Waals surface area (Å²) < 4.78 is 0. The third-order valence-electron chi connectivity index (χ3n) is 3.30. The van der Waals surface area contributed by atoms with E-state index in [9.17, 15) is 9.59 Å². The molecule has 0 aliphatic heterocycles. The molecule has 0 aromatic carbocycles. The lowest BCUT2D eigenvalue weighted by Crippen LogP contribution is -2.51. The van der Waals surface area contributed by atoms with Gasteiger partial charge in [-0.3, -0.25) is 9.59 Å². The first-order chi connectivity index (χ1) is 6.65. The zero-order valence-corrected chi connectivity index (χ0v) is 8.08. The Balaban J connectivity index is 1.90. The zero-order valence-electron chi connectivity index (χ0n) is 8.08. The second-order valence-corrected chi connectivity index (χ2v) is 4.39. The predicted octanol–water partition coefficient (Wildman–Crippen LogP) is 0.767. The van der Waals surface area contributed by atoms with Crippen molar-refractivity contribution in [2.24, 2.45) is 11.3 Å². The summed E-state index contributed by atoms with van der Waals surface area (Å²) in [5, 5.41) is 11.7. The number of carbonyl (C=O) groups is 2. The van der Waals surface area contributed by atoms with Crippen LogP contribution in [0.3, 0.4) is 0 Å². The molecule has 0 radical (unpaired) electrons. The van der Waals surface area contributed by atoms with Gasteiger partial charge in [-0.25, -0.2) is 0 Å². The van der Waals surface area contributed by atoms with E-state index in [0.717, 1.165) is 6.42 Å². The molecule has 78 valence electrons. The summed E-state index contributed by atoms with van der Waals surface area (Å²) in [6.45, 7) is 0.661. The quantitative estimate of drug-likeness (QED) is 0.654. The average Bonchev–Trinajstić information content (AvgIpc) is 2.80. The number of carboxylic acids is 1. The summed E-state index contributed by atoms with van der Waals surface area (Å²) in [6.07, 6.45) is 4.18. The molecule has 4 nitrogen and oxygen atoms in total. The highest BCUT2D eigenvalue weighted by atomic mass is 16.4. The van der Waals surface area contributed by atoms with Crippen LogP contribution in [0.4, 0.5) is 0 Å². The number of amides is 1. The second kappa shape index (κ2) is 3.26. The SMILES string of the molecule is O=C(O)C1(C(=O)NCC2CC2)CCC1. The Labute approximate surface area is 82.7 Å². The van der Waals surface area contributed by atoms with Crippen molar-refractivity contribution in [1.29, 1.82) is 0 Å². The topological polar surface area (TPSA) is 66.4 Å². The van der Waals surface area contributed by atoms with Crippen molar-refractivity contribution in [1.82, 2.24) is 5.32 Å². The molecule has 0 unspecified atom stereocenters. The molecular formula is C10H15NO3. The molecule has 4 heteroatoms. The van der Waals surface area contributed by atoms with Gasteiger partial charge in [0.05, 0.1) is 0 Å². The highest BCUT2D eigenvalue weighted by Crippen LogP contribution is 2.41. The van der Waals surface area contributed by atoms with Crippen LogP contribution in [0.15, 0.2) is 0 Å². The van der Waals surface area contributed by atoms with Crippen LogP contribution in [-0.2, 0) is 9.59 Å². The van der Waals surface area contributed by atoms with Crippen molar-refractivity contribution in [3.63, 3.8) is 0 Å². The van der Waals surface area contributed by atoms with Gasteiger partial charge in [-0.2, -0.15) is 0 Å². The van der Waals surface area contributed by atoms with E-state index in [1.54, 1.807) is 0 Å². The molecule has 0 heterocycles. The van der Waals surface area contributed by atoms with Crippen LogP contribution in [0.5, 0.6) is 0 Å². The van der Waals surface area contributed by atoms with Crippen LogP contribution in [0.1, 0.15) is 32.1 Å². The van der Waals surface area contributed by atoms with Crippen LogP contribution < -0.4 is 5.32 Å². The first kappa shape index (κ1) is 9.49. The largest absolute Gasteiger partial charge is 0.480 e. The van der Waals surface area contributed by atoms with Crippen molar-refractivity contribution in [2.75, 3.05) is 6.54 Å². The van der Waals surface area contributed by atoms with Gasteiger partial charge >= 0.3 is 5.97 Å². The van der Waals surface area contributed by atoms with Crippen molar-refractivity contribution in [3.05, 3.63) is 0 Å². The Morgan fingerprint density at radius 2 is 2.00 bits per heavy atom. The van der Waals surface area contributed by atoms with Crippen LogP contribution in [0.25, 0.3) is 0 Å². The Kier molecular flexibility index (Phi) is 2.21. The molecule has 0 aromatic heterocycles. The number of aliphatic carboxylic acids is 1. The summed E-state index contributed by atoms with van der Waals surface area (Å²) in [4.78, 5) is 22.6. The Morgan fingerprint density at radius 1 is 1.36 bits per heavy atom. The molecule has 2 rings (SSSR count). The molecule has 2 saturated carbocycles. The average molecular weight is 197 g/mol. The lowest BCUT2D eigenvalue weighted by Gasteiger charge is -2.35. The molecule has 0 bridgehead atoms. The summed E-state index contributed by atoms with van der Waals surface area (Å²) in [6, 6.07) is 0. The summed E-state index contributed by atoms with van der Waals surface area (Å²) >= 11 is 0. The predicted molar refractivity (Wildman–Crippen MR) is 49.7 cm³/mol. The fraction of sp³-hybridized carbons (Fsp3) is 0.800. The zero-order chi connectivity index (χ0) is 10.2. The number of hydrogen-bond donors (Lipinski definition) is 2. The van der Waals surface area contributed by atoms with Gasteiger partial charge in [-0.15, -0.1) is 0 Å². The number of carboxylic acid groups (broad SMARTS) is 1. The van der Waals surface area contributed by atoms with Gasteiger partial charge in [-0.1, -0.05) is 6.42 Å². The first-order valence-corrected chi connectivity index (χ1v) is 5.17. The molecule has 2 fully saturated rings. The molecule has 2 aliphatic carbocycles. The van der Waals surface area contributed by atoms with Crippen molar-refractivity contribution in [3.8, 4) is 0 Å². The maximum absolute atomic E-state index is 11.6. The molecular weight excluding hydrogens is 182 g/mol. The van der Waals surface area contributed by atoms with E-state index in [-0.39, 0.29) is 5.91 Å². The van der Waals surface area contributed by atoms with Gasteiger partial charge in [0.1, 0.15) is 5.41 Å². The van der Waals surface area contributed by atoms with Crippen LogP contribution in [-0.4, -0.2) is 23.5 Å². The third-order valence-corrected chi connectivity index (χ3v) is 3.30. The fourth-order valence-electron chi connectivity index (χ4n) is 1.80. The Bertz CT molecular complexity index is 267. The molecule has 0 aromatic rings. The summed E-state index contributed by atoms with van der Waals surface area (Å²) in [5.41, 5.74) is -1.09.